The van der Waals surface area contributed by atoms with Crippen molar-refractivity contribution >= 4 is 0 Å². The zero-order chi connectivity index (χ0) is 14.8. The van der Waals surface area contributed by atoms with Gasteiger partial charge in [0.2, 0.25) is 0 Å². The van der Waals surface area contributed by atoms with E-state index in [0.717, 1.165) is 6.54 Å². The fourth-order valence-corrected chi connectivity index (χ4v) is 2.98. The third-order valence-electron chi connectivity index (χ3n) is 4.39. The quantitative estimate of drug-likeness (QED) is 0.856. The minimum absolute atomic E-state index is 0.178. The van der Waals surface area contributed by atoms with Crippen molar-refractivity contribution in [3.8, 4) is 5.69 Å². The molecule has 2 N–H and O–H groups in total. The molecule has 1 aromatic heterocycles. The van der Waals surface area contributed by atoms with E-state index < -0.39 is 0 Å². The minimum atomic E-state index is -0.178. The predicted octanol–water partition coefficient (Wildman–Crippen LogP) is 2.95. The van der Waals surface area contributed by atoms with Gasteiger partial charge in [0.1, 0.15) is 0 Å². The second-order valence-electron chi connectivity index (χ2n) is 6.10. The first-order chi connectivity index (χ1) is 10.2. The molecule has 0 aliphatic heterocycles. The number of aliphatic hydroxyl groups excluding tert-OH is 1. The van der Waals surface area contributed by atoms with Gasteiger partial charge in [0, 0.05) is 30.2 Å². The summed E-state index contributed by atoms with van der Waals surface area (Å²) in [6.45, 7) is 5.81. The van der Waals surface area contributed by atoms with Gasteiger partial charge < -0.3 is 15.0 Å². The first-order valence-corrected chi connectivity index (χ1v) is 7.79. The summed E-state index contributed by atoms with van der Waals surface area (Å²) in [7, 11) is 0. The van der Waals surface area contributed by atoms with Gasteiger partial charge in [-0.1, -0.05) is 18.2 Å². The molecule has 0 bridgehead atoms. The normalized spacial score (nSPS) is 16.1. The van der Waals surface area contributed by atoms with Crippen molar-refractivity contribution in [2.45, 2.75) is 39.3 Å². The first kappa shape index (κ1) is 14.4. The lowest BCUT2D eigenvalue weighted by Crippen LogP contribution is -2.27. The number of aryl methyl sites for hydroxylation is 1. The second-order valence-corrected chi connectivity index (χ2v) is 6.10. The fourth-order valence-electron chi connectivity index (χ4n) is 2.98. The van der Waals surface area contributed by atoms with Gasteiger partial charge in [0.15, 0.2) is 0 Å². The Morgan fingerprint density at radius 2 is 1.95 bits per heavy atom. The maximum Gasteiger partial charge on any atom is 0.0692 e. The average molecular weight is 284 g/mol. The van der Waals surface area contributed by atoms with Crippen LogP contribution < -0.4 is 5.32 Å². The highest BCUT2D eigenvalue weighted by atomic mass is 16.3. The number of rotatable bonds is 6. The lowest BCUT2D eigenvalue weighted by atomic mass is 10.2. The fraction of sp³-hybridized carbons (Fsp3) is 0.444. The van der Waals surface area contributed by atoms with E-state index in [9.17, 15) is 5.11 Å². The van der Waals surface area contributed by atoms with Gasteiger partial charge in [-0.05, 0) is 56.4 Å². The monoisotopic (exact) mass is 284 g/mol. The number of nitrogens with zero attached hydrogens (tertiary/aromatic N) is 1. The lowest BCUT2D eigenvalue weighted by Gasteiger charge is -2.12. The molecule has 0 saturated heterocycles. The molecule has 112 valence electrons. The standard InChI is InChI=1S/C18H24N2O/c1-13-10-16(11-19-12-18(21)15-8-9-15)14(2)20(13)17-6-4-3-5-7-17/h3-7,10,15,18-19,21H,8-9,11-12H2,1-2H3. The van der Waals surface area contributed by atoms with Crippen LogP contribution in [-0.4, -0.2) is 22.3 Å². The van der Waals surface area contributed by atoms with Crippen LogP contribution in [0.3, 0.4) is 0 Å². The Morgan fingerprint density at radius 3 is 2.62 bits per heavy atom. The van der Waals surface area contributed by atoms with E-state index in [2.05, 4.69) is 54.1 Å². The van der Waals surface area contributed by atoms with Gasteiger partial charge in [-0.2, -0.15) is 0 Å². The predicted molar refractivity (Wildman–Crippen MR) is 85.7 cm³/mol. The molecule has 0 amide bonds. The van der Waals surface area contributed by atoms with Crippen LogP contribution in [0.4, 0.5) is 0 Å². The molecule has 1 heterocycles. The average Bonchev–Trinajstić information content (AvgIpc) is 3.28. The molecule has 21 heavy (non-hydrogen) atoms. The molecule has 3 rings (SSSR count). The van der Waals surface area contributed by atoms with E-state index in [-0.39, 0.29) is 6.10 Å². The molecule has 0 spiro atoms. The van der Waals surface area contributed by atoms with Crippen LogP contribution in [0, 0.1) is 19.8 Å². The van der Waals surface area contributed by atoms with Gasteiger partial charge in [0.25, 0.3) is 0 Å². The highest BCUT2D eigenvalue weighted by molar-refractivity contribution is 5.40. The molecule has 1 aliphatic rings. The topological polar surface area (TPSA) is 37.2 Å². The van der Waals surface area contributed by atoms with Crippen LogP contribution in [0.15, 0.2) is 36.4 Å². The number of hydrogen-bond acceptors (Lipinski definition) is 2. The molecule has 1 aromatic carbocycles. The minimum Gasteiger partial charge on any atom is -0.392 e. The van der Waals surface area contributed by atoms with E-state index in [0.29, 0.717) is 12.5 Å². The van der Waals surface area contributed by atoms with Crippen molar-refractivity contribution in [2.24, 2.45) is 5.92 Å². The number of hydrogen-bond donors (Lipinski definition) is 2. The van der Waals surface area contributed by atoms with Gasteiger partial charge >= 0.3 is 0 Å². The van der Waals surface area contributed by atoms with Gasteiger partial charge in [-0.25, -0.2) is 0 Å². The summed E-state index contributed by atoms with van der Waals surface area (Å²) in [5, 5.41) is 13.3. The Bertz CT molecular complexity index is 599. The molecular weight excluding hydrogens is 260 g/mol. The molecule has 0 radical (unpaired) electrons. The number of nitrogens with one attached hydrogen (secondary N) is 1. The zero-order valence-corrected chi connectivity index (χ0v) is 12.8. The molecule has 1 unspecified atom stereocenters. The van der Waals surface area contributed by atoms with Crippen molar-refractivity contribution in [1.82, 2.24) is 9.88 Å². The summed E-state index contributed by atoms with van der Waals surface area (Å²) < 4.78 is 2.29. The molecule has 1 atom stereocenters. The Morgan fingerprint density at radius 1 is 1.24 bits per heavy atom. The number of para-hydroxylation sites is 1. The Balaban J connectivity index is 1.69. The number of aliphatic hydroxyl groups is 1. The molecular formula is C18H24N2O. The largest absolute Gasteiger partial charge is 0.392 e. The summed E-state index contributed by atoms with van der Waals surface area (Å²) in [5.41, 5.74) is 5.03. The summed E-state index contributed by atoms with van der Waals surface area (Å²) >= 11 is 0. The van der Waals surface area contributed by atoms with E-state index in [1.54, 1.807) is 0 Å². The third kappa shape index (κ3) is 3.20. The van der Waals surface area contributed by atoms with Gasteiger partial charge in [0.05, 0.1) is 6.10 Å². The highest BCUT2D eigenvalue weighted by Gasteiger charge is 2.29. The number of benzene rings is 1. The van der Waals surface area contributed by atoms with Crippen molar-refractivity contribution in [3.63, 3.8) is 0 Å². The van der Waals surface area contributed by atoms with E-state index in [1.807, 2.05) is 6.07 Å². The van der Waals surface area contributed by atoms with Crippen molar-refractivity contribution < 1.29 is 5.11 Å². The van der Waals surface area contributed by atoms with Crippen LogP contribution in [0.5, 0.6) is 0 Å². The summed E-state index contributed by atoms with van der Waals surface area (Å²) in [6.07, 6.45) is 2.19. The van der Waals surface area contributed by atoms with Gasteiger partial charge in [-0.3, -0.25) is 0 Å². The van der Waals surface area contributed by atoms with E-state index >= 15 is 0 Å². The maximum atomic E-state index is 9.91. The molecule has 1 aliphatic carbocycles. The highest BCUT2D eigenvalue weighted by Crippen LogP contribution is 2.32. The van der Waals surface area contributed by atoms with Crippen LogP contribution in [0.25, 0.3) is 5.69 Å². The van der Waals surface area contributed by atoms with Crippen LogP contribution in [0.2, 0.25) is 0 Å². The first-order valence-electron chi connectivity index (χ1n) is 7.79. The maximum absolute atomic E-state index is 9.91. The Kier molecular flexibility index (Phi) is 4.13. The molecule has 3 heteroatoms. The van der Waals surface area contributed by atoms with Gasteiger partial charge in [-0.15, -0.1) is 0 Å². The van der Waals surface area contributed by atoms with Crippen LogP contribution in [-0.2, 0) is 6.54 Å². The third-order valence-corrected chi connectivity index (χ3v) is 4.39. The second kappa shape index (κ2) is 6.04. The Labute approximate surface area is 126 Å². The van der Waals surface area contributed by atoms with E-state index in [1.165, 1.54) is 35.5 Å². The zero-order valence-electron chi connectivity index (χ0n) is 12.8. The smallest absolute Gasteiger partial charge is 0.0692 e. The summed E-state index contributed by atoms with van der Waals surface area (Å²) in [5.74, 6) is 0.536. The van der Waals surface area contributed by atoms with Crippen LogP contribution in [0.1, 0.15) is 29.8 Å². The molecule has 1 saturated carbocycles. The molecule has 2 aromatic rings. The van der Waals surface area contributed by atoms with Crippen molar-refractivity contribution in [2.75, 3.05) is 6.54 Å². The lowest BCUT2D eigenvalue weighted by molar-refractivity contribution is 0.148. The van der Waals surface area contributed by atoms with Crippen molar-refractivity contribution in [3.05, 3.63) is 53.3 Å². The Hall–Kier alpha value is -1.58. The van der Waals surface area contributed by atoms with Crippen molar-refractivity contribution in [1.29, 1.82) is 0 Å². The van der Waals surface area contributed by atoms with Crippen LogP contribution >= 0.6 is 0 Å². The summed E-state index contributed by atoms with van der Waals surface area (Å²) in [6, 6.07) is 12.7. The van der Waals surface area contributed by atoms with E-state index in [4.69, 9.17) is 0 Å². The summed E-state index contributed by atoms with van der Waals surface area (Å²) in [4.78, 5) is 0. The number of aromatic nitrogens is 1. The SMILES string of the molecule is Cc1cc(CNCC(O)C2CC2)c(C)n1-c1ccccc1. The molecule has 1 fully saturated rings. The molecule has 3 nitrogen and oxygen atoms in total.